The summed E-state index contributed by atoms with van der Waals surface area (Å²) in [5.74, 6) is -0.261. The van der Waals surface area contributed by atoms with Crippen molar-refractivity contribution in [2.45, 2.75) is 37.4 Å². The van der Waals surface area contributed by atoms with E-state index in [4.69, 9.17) is 4.42 Å². The summed E-state index contributed by atoms with van der Waals surface area (Å²) in [6.07, 6.45) is 6.26. The Balaban J connectivity index is 1.37. The van der Waals surface area contributed by atoms with Crippen molar-refractivity contribution in [2.75, 3.05) is 26.2 Å². The van der Waals surface area contributed by atoms with Gasteiger partial charge in [-0.15, -0.1) is 0 Å². The standard InChI is InChI=1S/C19H23N5O3/c25-18(23-15-7-11-1-2-14(15)22-11)16-8-12-13(10-27-17(12)9-21-16)19(26)24-5-3-20-4-6-24/h8-11,14-15,20,22H,1-7H2,(H,23,25)/t11-,14+,15-/m1/s1. The van der Waals surface area contributed by atoms with Crippen molar-refractivity contribution >= 4 is 22.8 Å². The SMILES string of the molecule is O=C(N[C@@H]1C[C@H]2CC[C@@H]1N2)c1cc2c(C(=O)N3CCNCC3)coc2cn1. The van der Waals surface area contributed by atoms with Gasteiger partial charge >= 0.3 is 0 Å². The monoisotopic (exact) mass is 369 g/mol. The number of furan rings is 1. The summed E-state index contributed by atoms with van der Waals surface area (Å²) in [4.78, 5) is 31.6. The topological polar surface area (TPSA) is 99.5 Å². The van der Waals surface area contributed by atoms with Crippen LogP contribution < -0.4 is 16.0 Å². The number of pyridine rings is 1. The molecular formula is C19H23N5O3. The number of piperazine rings is 1. The number of fused-ring (bicyclic) bond motifs is 3. The second kappa shape index (κ2) is 6.61. The van der Waals surface area contributed by atoms with Crippen molar-refractivity contribution in [3.05, 3.63) is 29.8 Å². The van der Waals surface area contributed by atoms with Gasteiger partial charge in [-0.3, -0.25) is 9.59 Å². The first-order valence-electron chi connectivity index (χ1n) is 9.63. The number of aromatic nitrogens is 1. The zero-order valence-electron chi connectivity index (χ0n) is 15.0. The highest BCUT2D eigenvalue weighted by atomic mass is 16.3. The number of nitrogens with zero attached hydrogens (tertiary/aromatic N) is 2. The lowest BCUT2D eigenvalue weighted by atomic mass is 9.95. The van der Waals surface area contributed by atoms with Gasteiger partial charge in [0.1, 0.15) is 12.0 Å². The van der Waals surface area contributed by atoms with Crippen LogP contribution in [0.4, 0.5) is 0 Å². The van der Waals surface area contributed by atoms with Gasteiger partial charge in [0.25, 0.3) is 11.8 Å². The molecule has 0 radical (unpaired) electrons. The smallest absolute Gasteiger partial charge is 0.270 e. The first-order valence-corrected chi connectivity index (χ1v) is 9.63. The van der Waals surface area contributed by atoms with Gasteiger partial charge in [-0.1, -0.05) is 0 Å². The van der Waals surface area contributed by atoms with Gasteiger partial charge < -0.3 is 25.3 Å². The van der Waals surface area contributed by atoms with Crippen LogP contribution in [-0.2, 0) is 0 Å². The van der Waals surface area contributed by atoms with E-state index in [1.165, 1.54) is 18.9 Å². The van der Waals surface area contributed by atoms with Crippen molar-refractivity contribution < 1.29 is 14.0 Å². The lowest BCUT2D eigenvalue weighted by molar-refractivity contribution is 0.0736. The third-order valence-corrected chi connectivity index (χ3v) is 5.95. The quantitative estimate of drug-likeness (QED) is 0.729. The Morgan fingerprint density at radius 2 is 2.11 bits per heavy atom. The molecule has 0 unspecified atom stereocenters. The molecule has 3 aliphatic heterocycles. The van der Waals surface area contributed by atoms with Gasteiger partial charge in [-0.25, -0.2) is 4.98 Å². The molecule has 142 valence electrons. The Kier molecular flexibility index (Phi) is 4.09. The molecule has 8 nitrogen and oxygen atoms in total. The molecule has 0 aromatic carbocycles. The number of hydrogen-bond acceptors (Lipinski definition) is 6. The van der Waals surface area contributed by atoms with Gasteiger partial charge in [-0.05, 0) is 25.3 Å². The average molecular weight is 369 g/mol. The normalized spacial score (nSPS) is 27.3. The predicted molar refractivity (Wildman–Crippen MR) is 98.6 cm³/mol. The molecule has 27 heavy (non-hydrogen) atoms. The summed E-state index contributed by atoms with van der Waals surface area (Å²) < 4.78 is 5.50. The third kappa shape index (κ3) is 2.98. The van der Waals surface area contributed by atoms with Crippen LogP contribution in [0.25, 0.3) is 11.0 Å². The highest BCUT2D eigenvalue weighted by Crippen LogP contribution is 2.28. The van der Waals surface area contributed by atoms with E-state index in [9.17, 15) is 9.59 Å². The van der Waals surface area contributed by atoms with E-state index in [2.05, 4.69) is 20.9 Å². The van der Waals surface area contributed by atoms with Crippen molar-refractivity contribution in [1.82, 2.24) is 25.8 Å². The van der Waals surface area contributed by atoms with Gasteiger partial charge in [-0.2, -0.15) is 0 Å². The molecule has 3 fully saturated rings. The molecule has 5 rings (SSSR count). The van der Waals surface area contributed by atoms with Crippen molar-refractivity contribution in [3.8, 4) is 0 Å². The van der Waals surface area contributed by atoms with E-state index in [0.717, 1.165) is 25.9 Å². The minimum Gasteiger partial charge on any atom is -0.462 e. The minimum atomic E-state index is -0.196. The molecule has 5 heterocycles. The van der Waals surface area contributed by atoms with Crippen molar-refractivity contribution in [2.24, 2.45) is 0 Å². The fourth-order valence-electron chi connectivity index (χ4n) is 4.49. The molecule has 3 N–H and O–H groups in total. The van der Waals surface area contributed by atoms with E-state index in [-0.39, 0.29) is 17.9 Å². The molecule has 3 aliphatic rings. The molecule has 3 saturated heterocycles. The summed E-state index contributed by atoms with van der Waals surface area (Å²) in [5.41, 5.74) is 1.33. The van der Waals surface area contributed by atoms with Crippen LogP contribution in [0, 0.1) is 0 Å². The maximum absolute atomic E-state index is 12.8. The molecule has 2 amide bonds. The van der Waals surface area contributed by atoms with Gasteiger partial charge in [0.2, 0.25) is 0 Å². The molecule has 3 atom stereocenters. The van der Waals surface area contributed by atoms with E-state index in [1.807, 2.05) is 4.90 Å². The van der Waals surface area contributed by atoms with Crippen LogP contribution in [0.5, 0.6) is 0 Å². The number of hydrogen-bond donors (Lipinski definition) is 3. The van der Waals surface area contributed by atoms with Crippen LogP contribution in [0.2, 0.25) is 0 Å². The lowest BCUT2D eigenvalue weighted by Gasteiger charge is -2.27. The van der Waals surface area contributed by atoms with E-state index in [0.29, 0.717) is 47.4 Å². The first-order chi connectivity index (χ1) is 13.2. The van der Waals surface area contributed by atoms with Gasteiger partial charge in [0, 0.05) is 49.7 Å². The predicted octanol–water partition coefficient (Wildman–Crippen LogP) is 0.496. The number of carbonyl (C=O) groups excluding carboxylic acids is 2. The summed E-state index contributed by atoms with van der Waals surface area (Å²) in [5, 5.41) is 10.5. The Morgan fingerprint density at radius 1 is 1.26 bits per heavy atom. The van der Waals surface area contributed by atoms with Gasteiger partial charge in [0.05, 0.1) is 11.8 Å². The van der Waals surface area contributed by atoms with E-state index in [1.54, 1.807) is 6.07 Å². The fraction of sp³-hybridized carbons (Fsp3) is 0.526. The van der Waals surface area contributed by atoms with Crippen LogP contribution in [0.3, 0.4) is 0 Å². The van der Waals surface area contributed by atoms with Crippen LogP contribution >= 0.6 is 0 Å². The summed E-state index contributed by atoms with van der Waals surface area (Å²) in [7, 11) is 0. The molecule has 0 saturated carbocycles. The molecule has 8 heteroatoms. The molecule has 2 aromatic heterocycles. The molecule has 0 aliphatic carbocycles. The fourth-order valence-corrected chi connectivity index (χ4v) is 4.49. The lowest BCUT2D eigenvalue weighted by Crippen LogP contribution is -2.46. The van der Waals surface area contributed by atoms with Crippen LogP contribution in [0.1, 0.15) is 40.1 Å². The molecule has 0 spiro atoms. The minimum absolute atomic E-state index is 0.0647. The molecule has 2 aromatic rings. The Bertz CT molecular complexity index is 889. The van der Waals surface area contributed by atoms with Crippen molar-refractivity contribution in [3.63, 3.8) is 0 Å². The maximum Gasteiger partial charge on any atom is 0.270 e. The Morgan fingerprint density at radius 3 is 2.85 bits per heavy atom. The second-order valence-corrected chi connectivity index (χ2v) is 7.62. The Labute approximate surface area is 156 Å². The number of rotatable bonds is 3. The number of carbonyl (C=O) groups is 2. The highest BCUT2D eigenvalue weighted by Gasteiger charge is 2.39. The first kappa shape index (κ1) is 16.7. The average Bonchev–Trinajstić information content (AvgIpc) is 3.43. The van der Waals surface area contributed by atoms with Crippen molar-refractivity contribution in [1.29, 1.82) is 0 Å². The maximum atomic E-state index is 12.8. The highest BCUT2D eigenvalue weighted by molar-refractivity contribution is 6.07. The molecular weight excluding hydrogens is 346 g/mol. The summed E-state index contributed by atoms with van der Waals surface area (Å²) >= 11 is 0. The number of nitrogens with one attached hydrogen (secondary N) is 3. The summed E-state index contributed by atoms with van der Waals surface area (Å²) in [6.45, 7) is 2.91. The molecule has 2 bridgehead atoms. The van der Waals surface area contributed by atoms with E-state index < -0.39 is 0 Å². The second-order valence-electron chi connectivity index (χ2n) is 7.62. The number of amides is 2. The zero-order chi connectivity index (χ0) is 18.4. The van der Waals surface area contributed by atoms with Gasteiger partial charge in [0.15, 0.2) is 5.58 Å². The third-order valence-electron chi connectivity index (χ3n) is 5.95. The zero-order valence-corrected chi connectivity index (χ0v) is 15.0. The summed E-state index contributed by atoms with van der Waals surface area (Å²) in [6, 6.07) is 2.71. The van der Waals surface area contributed by atoms with Crippen LogP contribution in [0.15, 0.2) is 22.9 Å². The largest absolute Gasteiger partial charge is 0.462 e. The Hall–Kier alpha value is -2.45. The van der Waals surface area contributed by atoms with Crippen LogP contribution in [-0.4, -0.2) is 66.0 Å². The van der Waals surface area contributed by atoms with E-state index >= 15 is 0 Å².